The van der Waals surface area contributed by atoms with Crippen LogP contribution >= 0.6 is 0 Å². The molecule has 1 aromatic rings. The first kappa shape index (κ1) is 14.8. The summed E-state index contributed by atoms with van der Waals surface area (Å²) < 4.78 is 27.6. The van der Waals surface area contributed by atoms with E-state index in [1.807, 2.05) is 25.1 Å². The molecule has 1 rings (SSSR count). The van der Waals surface area contributed by atoms with Gasteiger partial charge in [0, 0.05) is 11.9 Å². The fourth-order valence-corrected chi connectivity index (χ4v) is 1.49. The Morgan fingerprint density at radius 1 is 1.56 bits per heavy atom. The first-order chi connectivity index (χ1) is 7.40. The van der Waals surface area contributed by atoms with Crippen LogP contribution < -0.4 is 0 Å². The van der Waals surface area contributed by atoms with E-state index in [0.717, 1.165) is 11.3 Å². The Morgan fingerprint density at radius 3 is 2.44 bits per heavy atom. The van der Waals surface area contributed by atoms with Gasteiger partial charge in [0.05, 0.1) is 5.75 Å². The van der Waals surface area contributed by atoms with Gasteiger partial charge in [0.2, 0.25) is 0 Å². The van der Waals surface area contributed by atoms with Crippen LogP contribution in [0.1, 0.15) is 24.6 Å². The second-order valence-electron chi connectivity index (χ2n) is 3.17. The van der Waals surface area contributed by atoms with E-state index in [4.69, 9.17) is 4.55 Å². The minimum Gasteiger partial charge on any atom is -0.286 e. The molecular formula is C11H17NO3S. The van der Waals surface area contributed by atoms with Crippen molar-refractivity contribution in [2.45, 2.75) is 20.3 Å². The molecule has 0 aliphatic rings. The largest absolute Gasteiger partial charge is 0.286 e. The van der Waals surface area contributed by atoms with E-state index >= 15 is 0 Å². The lowest BCUT2D eigenvalue weighted by Gasteiger charge is -1.94. The number of aromatic nitrogens is 1. The highest BCUT2D eigenvalue weighted by Gasteiger charge is 1.98. The van der Waals surface area contributed by atoms with Crippen LogP contribution in [0, 0.1) is 6.92 Å². The van der Waals surface area contributed by atoms with Crippen LogP contribution in [0.15, 0.2) is 24.9 Å². The fraction of sp³-hybridized carbons (Fsp3) is 0.364. The molecular weight excluding hydrogens is 226 g/mol. The predicted octanol–water partition coefficient (Wildman–Crippen LogP) is 2.32. The summed E-state index contributed by atoms with van der Waals surface area (Å²) in [7, 11) is -3.67. The second kappa shape index (κ2) is 7.14. The van der Waals surface area contributed by atoms with Crippen molar-refractivity contribution in [1.82, 2.24) is 4.98 Å². The van der Waals surface area contributed by atoms with Gasteiger partial charge in [-0.2, -0.15) is 8.42 Å². The van der Waals surface area contributed by atoms with Gasteiger partial charge in [-0.05, 0) is 25.0 Å². The zero-order chi connectivity index (χ0) is 12.6. The van der Waals surface area contributed by atoms with Crippen LogP contribution in [0.3, 0.4) is 0 Å². The average molecular weight is 243 g/mol. The van der Waals surface area contributed by atoms with E-state index in [0.29, 0.717) is 6.42 Å². The maximum absolute atomic E-state index is 9.79. The number of rotatable bonds is 3. The molecule has 0 atom stereocenters. The molecule has 1 aromatic heterocycles. The van der Waals surface area contributed by atoms with Crippen molar-refractivity contribution < 1.29 is 13.0 Å². The van der Waals surface area contributed by atoms with Crippen LogP contribution in [0.4, 0.5) is 0 Å². The van der Waals surface area contributed by atoms with Crippen molar-refractivity contribution >= 4 is 16.2 Å². The molecule has 0 saturated heterocycles. The zero-order valence-corrected chi connectivity index (χ0v) is 10.4. The molecule has 1 N–H and O–H groups in total. The SMILES string of the molecule is C=Cc1cccnc1C.CCCS(=O)(=O)O. The zero-order valence-electron chi connectivity index (χ0n) is 9.55. The Balaban J connectivity index is 0.000000293. The molecule has 0 spiro atoms. The van der Waals surface area contributed by atoms with E-state index in [1.54, 1.807) is 13.1 Å². The topological polar surface area (TPSA) is 67.3 Å². The maximum Gasteiger partial charge on any atom is 0.264 e. The average Bonchev–Trinajstić information content (AvgIpc) is 2.17. The van der Waals surface area contributed by atoms with Crippen molar-refractivity contribution in [1.29, 1.82) is 0 Å². The molecule has 0 unspecified atom stereocenters. The second-order valence-corrected chi connectivity index (χ2v) is 4.74. The van der Waals surface area contributed by atoms with Gasteiger partial charge in [-0.15, -0.1) is 0 Å². The van der Waals surface area contributed by atoms with Gasteiger partial charge < -0.3 is 0 Å². The first-order valence-corrected chi connectivity index (χ1v) is 6.50. The molecule has 0 bridgehead atoms. The van der Waals surface area contributed by atoms with Crippen LogP contribution in [0.5, 0.6) is 0 Å². The lowest BCUT2D eigenvalue weighted by molar-refractivity contribution is 0.482. The summed E-state index contributed by atoms with van der Waals surface area (Å²) in [5.41, 5.74) is 2.14. The molecule has 4 nitrogen and oxygen atoms in total. The van der Waals surface area contributed by atoms with Gasteiger partial charge in [0.25, 0.3) is 10.1 Å². The highest BCUT2D eigenvalue weighted by molar-refractivity contribution is 7.85. The molecule has 0 aliphatic heterocycles. The summed E-state index contributed by atoms with van der Waals surface area (Å²) >= 11 is 0. The predicted molar refractivity (Wildman–Crippen MR) is 65.8 cm³/mol. The number of hydrogen-bond donors (Lipinski definition) is 1. The van der Waals surface area contributed by atoms with Crippen LogP contribution in [-0.4, -0.2) is 23.7 Å². The van der Waals surface area contributed by atoms with Crippen molar-refractivity contribution in [3.63, 3.8) is 0 Å². The smallest absolute Gasteiger partial charge is 0.264 e. The van der Waals surface area contributed by atoms with Gasteiger partial charge >= 0.3 is 0 Å². The molecule has 5 heteroatoms. The standard InChI is InChI=1S/C8H9N.C3H8O3S/c1-3-8-5-4-6-9-7(8)2;1-2-3-7(4,5)6/h3-6H,1H2,2H3;2-3H2,1H3,(H,4,5,6). The highest BCUT2D eigenvalue weighted by Crippen LogP contribution is 2.03. The van der Waals surface area contributed by atoms with Gasteiger partial charge in [-0.3, -0.25) is 9.54 Å². The van der Waals surface area contributed by atoms with Gasteiger partial charge in [0.15, 0.2) is 0 Å². The monoisotopic (exact) mass is 243 g/mol. The number of hydrogen-bond acceptors (Lipinski definition) is 3. The molecule has 0 aliphatic carbocycles. The molecule has 0 radical (unpaired) electrons. The molecule has 16 heavy (non-hydrogen) atoms. The van der Waals surface area contributed by atoms with Crippen molar-refractivity contribution in [2.24, 2.45) is 0 Å². The molecule has 90 valence electrons. The quantitative estimate of drug-likeness (QED) is 0.827. The molecule has 0 aromatic carbocycles. The summed E-state index contributed by atoms with van der Waals surface area (Å²) in [6, 6.07) is 3.90. The van der Waals surface area contributed by atoms with Gasteiger partial charge in [0.1, 0.15) is 0 Å². The summed E-state index contributed by atoms with van der Waals surface area (Å²) in [6.07, 6.45) is 4.06. The summed E-state index contributed by atoms with van der Waals surface area (Å²) in [4.78, 5) is 4.08. The lowest BCUT2D eigenvalue weighted by atomic mass is 10.2. The Morgan fingerprint density at radius 2 is 2.19 bits per heavy atom. The van der Waals surface area contributed by atoms with Gasteiger partial charge in [-0.1, -0.05) is 25.6 Å². The minimum absolute atomic E-state index is 0.132. The van der Waals surface area contributed by atoms with Crippen molar-refractivity contribution in [2.75, 3.05) is 5.75 Å². The third-order valence-corrected chi connectivity index (χ3v) is 2.65. The first-order valence-electron chi connectivity index (χ1n) is 4.90. The number of aryl methyl sites for hydroxylation is 1. The molecule has 0 amide bonds. The van der Waals surface area contributed by atoms with E-state index in [1.165, 1.54) is 0 Å². The molecule has 1 heterocycles. The van der Waals surface area contributed by atoms with Gasteiger partial charge in [-0.25, -0.2) is 0 Å². The molecule has 0 saturated carbocycles. The summed E-state index contributed by atoms with van der Waals surface area (Å²) in [5.74, 6) is -0.132. The van der Waals surface area contributed by atoms with E-state index in [-0.39, 0.29) is 5.75 Å². The molecule has 0 fully saturated rings. The Hall–Kier alpha value is -1.20. The normalized spacial score (nSPS) is 10.2. The fourth-order valence-electron chi connectivity index (χ4n) is 0.970. The third kappa shape index (κ3) is 7.14. The third-order valence-electron chi connectivity index (χ3n) is 1.73. The van der Waals surface area contributed by atoms with Crippen molar-refractivity contribution in [3.05, 3.63) is 36.2 Å². The van der Waals surface area contributed by atoms with Crippen LogP contribution in [0.2, 0.25) is 0 Å². The Bertz CT molecular complexity index is 427. The van der Waals surface area contributed by atoms with E-state index in [9.17, 15) is 8.42 Å². The Kier molecular flexibility index (Phi) is 6.60. The van der Waals surface area contributed by atoms with E-state index in [2.05, 4.69) is 11.6 Å². The highest BCUT2D eigenvalue weighted by atomic mass is 32.2. The van der Waals surface area contributed by atoms with Crippen LogP contribution in [-0.2, 0) is 10.1 Å². The minimum atomic E-state index is -3.67. The lowest BCUT2D eigenvalue weighted by Crippen LogP contribution is -2.01. The number of pyridine rings is 1. The summed E-state index contributed by atoms with van der Waals surface area (Å²) in [6.45, 7) is 7.31. The maximum atomic E-state index is 9.79. The number of nitrogens with zero attached hydrogens (tertiary/aromatic N) is 1. The summed E-state index contributed by atoms with van der Waals surface area (Å²) in [5, 5.41) is 0. The van der Waals surface area contributed by atoms with E-state index < -0.39 is 10.1 Å². The van der Waals surface area contributed by atoms with Crippen LogP contribution in [0.25, 0.3) is 6.08 Å². The Labute approximate surface area is 96.8 Å². The van der Waals surface area contributed by atoms with Crippen molar-refractivity contribution in [3.8, 4) is 0 Å².